The van der Waals surface area contributed by atoms with Gasteiger partial charge in [0.15, 0.2) is 5.65 Å². The number of nitrogens with zero attached hydrogens (tertiary/aromatic N) is 3. The van der Waals surface area contributed by atoms with Crippen molar-refractivity contribution < 1.29 is 18.0 Å². The smallest absolute Gasteiger partial charge is 0.348 e. The molecule has 0 aliphatic rings. The molecule has 0 spiro atoms. The molecule has 2 aromatic carbocycles. The van der Waals surface area contributed by atoms with Gasteiger partial charge in [0.1, 0.15) is 0 Å². The third kappa shape index (κ3) is 4.42. The van der Waals surface area contributed by atoms with E-state index in [2.05, 4.69) is 15.4 Å². The van der Waals surface area contributed by atoms with E-state index in [4.69, 9.17) is 0 Å². The Labute approximate surface area is 176 Å². The molecule has 0 aliphatic carbocycles. The Morgan fingerprint density at radius 3 is 2.42 bits per heavy atom. The van der Waals surface area contributed by atoms with Crippen LogP contribution in [-0.4, -0.2) is 20.5 Å². The number of benzene rings is 2. The minimum Gasteiger partial charge on any atom is -0.348 e. The van der Waals surface area contributed by atoms with E-state index < -0.39 is 11.7 Å². The van der Waals surface area contributed by atoms with Crippen molar-refractivity contribution in [3.8, 4) is 11.1 Å². The maximum atomic E-state index is 12.9. The molecule has 0 radical (unpaired) electrons. The summed E-state index contributed by atoms with van der Waals surface area (Å²) in [6.07, 6.45) is -0.662. The minimum atomic E-state index is -4.39. The molecule has 31 heavy (non-hydrogen) atoms. The number of amides is 1. The van der Waals surface area contributed by atoms with Crippen molar-refractivity contribution >= 4 is 11.6 Å². The van der Waals surface area contributed by atoms with Crippen molar-refractivity contribution in [1.82, 2.24) is 19.9 Å². The summed E-state index contributed by atoms with van der Waals surface area (Å²) in [5.74, 6) is -0.180. The monoisotopic (exact) mass is 424 g/mol. The van der Waals surface area contributed by atoms with Crippen LogP contribution in [0.4, 0.5) is 13.2 Å². The number of halogens is 3. The van der Waals surface area contributed by atoms with Gasteiger partial charge in [-0.3, -0.25) is 4.79 Å². The van der Waals surface area contributed by atoms with Crippen molar-refractivity contribution in [3.63, 3.8) is 0 Å². The van der Waals surface area contributed by atoms with E-state index in [0.29, 0.717) is 23.2 Å². The molecule has 0 bridgehead atoms. The lowest BCUT2D eigenvalue weighted by Crippen LogP contribution is -2.29. The molecule has 2 aromatic heterocycles. The predicted octanol–water partition coefficient (Wildman–Crippen LogP) is 4.84. The highest BCUT2D eigenvalue weighted by atomic mass is 19.4. The van der Waals surface area contributed by atoms with E-state index in [0.717, 1.165) is 23.4 Å². The van der Waals surface area contributed by atoms with Gasteiger partial charge in [-0.1, -0.05) is 42.5 Å². The molecule has 4 rings (SSSR count). The fourth-order valence-corrected chi connectivity index (χ4v) is 3.54. The molecular weight excluding hydrogens is 405 g/mol. The quantitative estimate of drug-likeness (QED) is 0.499. The van der Waals surface area contributed by atoms with Crippen LogP contribution in [-0.2, 0) is 17.4 Å². The second-order valence-electron chi connectivity index (χ2n) is 7.18. The highest BCUT2D eigenvalue weighted by Crippen LogP contribution is 2.32. The van der Waals surface area contributed by atoms with Crippen LogP contribution >= 0.6 is 0 Å². The van der Waals surface area contributed by atoms with Crippen LogP contribution in [0.5, 0.6) is 0 Å². The van der Waals surface area contributed by atoms with Gasteiger partial charge in [0, 0.05) is 18.7 Å². The Balaban J connectivity index is 1.74. The average molecular weight is 424 g/mol. The summed E-state index contributed by atoms with van der Waals surface area (Å²) in [6.45, 7) is 1.45. The highest BCUT2D eigenvalue weighted by molar-refractivity contribution is 5.77. The second-order valence-corrected chi connectivity index (χ2v) is 7.18. The molecule has 0 saturated carbocycles. The number of hydrogen-bond donors (Lipinski definition) is 1. The van der Waals surface area contributed by atoms with Gasteiger partial charge in [0.25, 0.3) is 0 Å². The van der Waals surface area contributed by atoms with Crippen molar-refractivity contribution in [2.45, 2.75) is 25.6 Å². The van der Waals surface area contributed by atoms with Crippen LogP contribution in [0.3, 0.4) is 0 Å². The van der Waals surface area contributed by atoms with E-state index in [-0.39, 0.29) is 11.9 Å². The summed E-state index contributed by atoms with van der Waals surface area (Å²) in [7, 11) is 0. The molecule has 1 atom stereocenters. The number of hydrogen-bond acceptors (Lipinski definition) is 3. The van der Waals surface area contributed by atoms with Crippen LogP contribution in [0, 0.1) is 0 Å². The summed E-state index contributed by atoms with van der Waals surface area (Å²) >= 11 is 0. The lowest BCUT2D eigenvalue weighted by Gasteiger charge is -2.19. The minimum absolute atomic E-state index is 0.180. The summed E-state index contributed by atoms with van der Waals surface area (Å²) in [4.78, 5) is 16.2. The lowest BCUT2D eigenvalue weighted by atomic mass is 10.0. The second kappa shape index (κ2) is 8.22. The molecule has 0 saturated heterocycles. The van der Waals surface area contributed by atoms with Crippen LogP contribution < -0.4 is 5.32 Å². The van der Waals surface area contributed by atoms with Gasteiger partial charge in [-0.25, -0.2) is 9.50 Å². The molecule has 0 fully saturated rings. The van der Waals surface area contributed by atoms with E-state index in [1.54, 1.807) is 23.0 Å². The fourth-order valence-electron chi connectivity index (χ4n) is 3.54. The molecule has 0 aliphatic heterocycles. The number of carbonyl (C=O) groups is 1. The molecule has 2 heterocycles. The number of alkyl halides is 3. The van der Waals surface area contributed by atoms with E-state index in [1.807, 2.05) is 30.3 Å². The normalized spacial score (nSPS) is 12.6. The largest absolute Gasteiger partial charge is 0.416 e. The third-order valence-electron chi connectivity index (χ3n) is 4.97. The predicted molar refractivity (Wildman–Crippen MR) is 110 cm³/mol. The number of aromatic nitrogens is 3. The molecule has 4 aromatic rings. The summed E-state index contributed by atoms with van der Waals surface area (Å²) in [5.41, 5.74) is 2.74. The maximum absolute atomic E-state index is 12.9. The van der Waals surface area contributed by atoms with E-state index >= 15 is 0 Å². The molecule has 158 valence electrons. The summed E-state index contributed by atoms with van der Waals surface area (Å²) in [5, 5.41) is 7.37. The Hall–Kier alpha value is -3.68. The summed E-state index contributed by atoms with van der Waals surface area (Å²) in [6, 6.07) is 16.0. The first-order valence-corrected chi connectivity index (χ1v) is 9.64. The van der Waals surface area contributed by atoms with Crippen LogP contribution in [0.1, 0.15) is 29.8 Å². The van der Waals surface area contributed by atoms with E-state index in [1.165, 1.54) is 19.1 Å². The van der Waals surface area contributed by atoms with Gasteiger partial charge in [0.05, 0.1) is 23.5 Å². The first-order chi connectivity index (χ1) is 14.8. The number of carbonyl (C=O) groups excluding carboxylic acids is 1. The van der Waals surface area contributed by atoms with Gasteiger partial charge < -0.3 is 5.32 Å². The Bertz CT molecular complexity index is 1200. The van der Waals surface area contributed by atoms with Gasteiger partial charge >= 0.3 is 6.18 Å². The zero-order valence-electron chi connectivity index (χ0n) is 16.6. The standard InChI is InChI=1S/C23H19F3N4O/c1-15(31)29-20(13-16-5-3-2-4-6-16)21-11-12-27-22-19(14-28-30(21)22)17-7-9-18(10-8-17)23(24,25)26/h2-12,14,20H,13H2,1H3,(H,29,31). The van der Waals surface area contributed by atoms with E-state index in [9.17, 15) is 18.0 Å². The number of fused-ring (bicyclic) bond motifs is 1. The average Bonchev–Trinajstić information content (AvgIpc) is 3.17. The first kappa shape index (κ1) is 20.6. The maximum Gasteiger partial charge on any atom is 0.416 e. The van der Waals surface area contributed by atoms with Crippen molar-refractivity contribution in [1.29, 1.82) is 0 Å². The van der Waals surface area contributed by atoms with Gasteiger partial charge in [0.2, 0.25) is 5.91 Å². The molecule has 8 heteroatoms. The third-order valence-corrected chi connectivity index (χ3v) is 4.97. The lowest BCUT2D eigenvalue weighted by molar-refractivity contribution is -0.137. The van der Waals surface area contributed by atoms with Crippen LogP contribution in [0.25, 0.3) is 16.8 Å². The molecule has 5 nitrogen and oxygen atoms in total. The number of rotatable bonds is 5. The SMILES string of the molecule is CC(=O)NC(Cc1ccccc1)c1ccnc2c(-c3ccc(C(F)(F)F)cc3)cnn12. The van der Waals surface area contributed by atoms with Crippen LogP contribution in [0.15, 0.2) is 73.1 Å². The molecule has 1 amide bonds. The number of nitrogens with one attached hydrogen (secondary N) is 1. The van der Waals surface area contributed by atoms with Gasteiger partial charge in [-0.15, -0.1) is 0 Å². The molecular formula is C23H19F3N4O. The molecule has 1 unspecified atom stereocenters. The Morgan fingerprint density at radius 1 is 1.06 bits per heavy atom. The Kier molecular flexibility index (Phi) is 5.46. The van der Waals surface area contributed by atoms with Crippen molar-refractivity contribution in [2.24, 2.45) is 0 Å². The highest BCUT2D eigenvalue weighted by Gasteiger charge is 2.30. The van der Waals surface area contributed by atoms with Crippen molar-refractivity contribution in [2.75, 3.05) is 0 Å². The zero-order valence-corrected chi connectivity index (χ0v) is 16.6. The van der Waals surface area contributed by atoms with Gasteiger partial charge in [-0.2, -0.15) is 18.3 Å². The zero-order chi connectivity index (χ0) is 22.0. The fraction of sp³-hybridized carbons (Fsp3) is 0.174. The molecule has 1 N–H and O–H groups in total. The Morgan fingerprint density at radius 2 is 1.77 bits per heavy atom. The van der Waals surface area contributed by atoms with Crippen molar-refractivity contribution in [3.05, 3.63) is 89.9 Å². The summed E-state index contributed by atoms with van der Waals surface area (Å²) < 4.78 is 40.3. The first-order valence-electron chi connectivity index (χ1n) is 9.64. The topological polar surface area (TPSA) is 59.3 Å². The van der Waals surface area contributed by atoms with Crippen LogP contribution in [0.2, 0.25) is 0 Å². The van der Waals surface area contributed by atoms with Gasteiger partial charge in [-0.05, 0) is 35.7 Å².